The summed E-state index contributed by atoms with van der Waals surface area (Å²) >= 11 is 0. The number of hydrogen-bond donors (Lipinski definition) is 0. The van der Waals surface area contributed by atoms with E-state index in [9.17, 15) is 0 Å². The summed E-state index contributed by atoms with van der Waals surface area (Å²) in [4.78, 5) is 9.53. The third-order valence-electron chi connectivity index (χ3n) is 4.13. The van der Waals surface area contributed by atoms with E-state index in [1.807, 2.05) is 12.3 Å². The third kappa shape index (κ3) is 2.44. The number of anilines is 1. The maximum atomic E-state index is 4.43. The molecule has 0 atom stereocenters. The Morgan fingerprint density at radius 2 is 1.76 bits per heavy atom. The van der Waals surface area contributed by atoms with Crippen LogP contribution in [-0.2, 0) is 0 Å². The summed E-state index contributed by atoms with van der Waals surface area (Å²) in [7, 11) is 0. The van der Waals surface area contributed by atoms with E-state index in [2.05, 4.69) is 26.9 Å². The molecule has 3 rings (SSSR count). The van der Waals surface area contributed by atoms with Crippen molar-refractivity contribution in [3.63, 3.8) is 0 Å². The molecule has 0 N–H and O–H groups in total. The molecule has 0 amide bonds. The monoisotopic (exact) mass is 231 g/mol. The van der Waals surface area contributed by atoms with Crippen LogP contribution in [0.1, 0.15) is 25.7 Å². The molecule has 1 aliphatic heterocycles. The summed E-state index contributed by atoms with van der Waals surface area (Å²) in [6, 6.07) is 7.05. The summed E-state index contributed by atoms with van der Waals surface area (Å²) in [6.45, 7) is 4.68. The van der Waals surface area contributed by atoms with Crippen molar-refractivity contribution in [3.8, 4) is 0 Å². The van der Waals surface area contributed by atoms with Crippen molar-refractivity contribution in [2.24, 2.45) is 0 Å². The van der Waals surface area contributed by atoms with Crippen molar-refractivity contribution in [1.82, 2.24) is 9.88 Å². The van der Waals surface area contributed by atoms with E-state index in [4.69, 9.17) is 0 Å². The van der Waals surface area contributed by atoms with Crippen LogP contribution in [0.5, 0.6) is 0 Å². The lowest BCUT2D eigenvalue weighted by atomic mass is 10.2. The van der Waals surface area contributed by atoms with Gasteiger partial charge in [-0.3, -0.25) is 4.90 Å². The number of piperazine rings is 1. The van der Waals surface area contributed by atoms with Gasteiger partial charge in [0, 0.05) is 38.4 Å². The molecule has 0 aromatic carbocycles. The van der Waals surface area contributed by atoms with Crippen LogP contribution < -0.4 is 4.90 Å². The Morgan fingerprint density at radius 3 is 2.41 bits per heavy atom. The predicted molar refractivity (Wildman–Crippen MR) is 70.3 cm³/mol. The molecule has 0 unspecified atom stereocenters. The van der Waals surface area contributed by atoms with E-state index in [0.29, 0.717) is 0 Å². The minimum atomic E-state index is 0.876. The van der Waals surface area contributed by atoms with Crippen LogP contribution in [0.15, 0.2) is 24.4 Å². The molecule has 2 heterocycles. The van der Waals surface area contributed by atoms with Gasteiger partial charge < -0.3 is 4.90 Å². The summed E-state index contributed by atoms with van der Waals surface area (Å²) in [5, 5.41) is 0. The first-order valence-corrected chi connectivity index (χ1v) is 6.83. The molecule has 1 aliphatic carbocycles. The molecular formula is C14H21N3. The average Bonchev–Trinajstić information content (AvgIpc) is 2.94. The average molecular weight is 231 g/mol. The lowest BCUT2D eigenvalue weighted by molar-refractivity contribution is 0.187. The molecule has 1 saturated carbocycles. The second kappa shape index (κ2) is 5.05. The molecule has 3 heteroatoms. The van der Waals surface area contributed by atoms with Crippen molar-refractivity contribution >= 4 is 5.82 Å². The number of hydrogen-bond acceptors (Lipinski definition) is 3. The number of nitrogens with zero attached hydrogens (tertiary/aromatic N) is 3. The van der Waals surface area contributed by atoms with Crippen molar-refractivity contribution in [2.45, 2.75) is 31.7 Å². The van der Waals surface area contributed by atoms with Crippen LogP contribution >= 0.6 is 0 Å². The van der Waals surface area contributed by atoms with E-state index >= 15 is 0 Å². The van der Waals surface area contributed by atoms with Crippen molar-refractivity contribution < 1.29 is 0 Å². The largest absolute Gasteiger partial charge is 0.354 e. The zero-order chi connectivity index (χ0) is 11.5. The molecule has 92 valence electrons. The smallest absolute Gasteiger partial charge is 0.128 e. The van der Waals surface area contributed by atoms with Crippen LogP contribution in [0.4, 0.5) is 5.82 Å². The molecule has 0 radical (unpaired) electrons. The van der Waals surface area contributed by atoms with Gasteiger partial charge in [0.1, 0.15) is 5.82 Å². The fraction of sp³-hybridized carbons (Fsp3) is 0.643. The highest BCUT2D eigenvalue weighted by Gasteiger charge is 2.26. The fourth-order valence-corrected chi connectivity index (χ4v) is 3.13. The quantitative estimate of drug-likeness (QED) is 0.777. The Labute approximate surface area is 103 Å². The summed E-state index contributed by atoms with van der Waals surface area (Å²) in [5.41, 5.74) is 0. The normalized spacial score (nSPS) is 23.2. The summed E-state index contributed by atoms with van der Waals surface area (Å²) in [5.74, 6) is 1.14. The molecule has 1 aromatic rings. The van der Waals surface area contributed by atoms with E-state index in [1.54, 1.807) is 0 Å². The van der Waals surface area contributed by atoms with Crippen LogP contribution in [0.25, 0.3) is 0 Å². The zero-order valence-electron chi connectivity index (χ0n) is 10.4. The van der Waals surface area contributed by atoms with Gasteiger partial charge in [0.25, 0.3) is 0 Å². The van der Waals surface area contributed by atoms with Crippen molar-refractivity contribution in [1.29, 1.82) is 0 Å². The Kier molecular flexibility index (Phi) is 3.27. The van der Waals surface area contributed by atoms with E-state index in [0.717, 1.165) is 24.9 Å². The van der Waals surface area contributed by atoms with Gasteiger partial charge >= 0.3 is 0 Å². The van der Waals surface area contributed by atoms with Gasteiger partial charge in [0.2, 0.25) is 0 Å². The highest BCUT2D eigenvalue weighted by Crippen LogP contribution is 2.25. The molecule has 0 spiro atoms. The van der Waals surface area contributed by atoms with Gasteiger partial charge in [-0.2, -0.15) is 0 Å². The Hall–Kier alpha value is -1.09. The second-order valence-corrected chi connectivity index (χ2v) is 5.15. The van der Waals surface area contributed by atoms with E-state index < -0.39 is 0 Å². The molecule has 0 bridgehead atoms. The summed E-state index contributed by atoms with van der Waals surface area (Å²) in [6.07, 6.45) is 7.60. The molecule has 17 heavy (non-hydrogen) atoms. The molecule has 1 aromatic heterocycles. The minimum Gasteiger partial charge on any atom is -0.354 e. The number of pyridine rings is 1. The van der Waals surface area contributed by atoms with Crippen LogP contribution in [0.3, 0.4) is 0 Å². The van der Waals surface area contributed by atoms with Gasteiger partial charge in [-0.15, -0.1) is 0 Å². The van der Waals surface area contributed by atoms with E-state index in [1.165, 1.54) is 38.8 Å². The number of aromatic nitrogens is 1. The Bertz CT molecular complexity index is 338. The van der Waals surface area contributed by atoms with E-state index in [-0.39, 0.29) is 0 Å². The molecular weight excluding hydrogens is 210 g/mol. The van der Waals surface area contributed by atoms with Crippen molar-refractivity contribution in [2.75, 3.05) is 31.1 Å². The Morgan fingerprint density at radius 1 is 1.00 bits per heavy atom. The lowest BCUT2D eigenvalue weighted by Crippen LogP contribution is -2.49. The van der Waals surface area contributed by atoms with Crippen molar-refractivity contribution in [3.05, 3.63) is 24.4 Å². The van der Waals surface area contributed by atoms with Crippen LogP contribution in [0, 0.1) is 0 Å². The first kappa shape index (κ1) is 11.0. The first-order chi connectivity index (χ1) is 8.43. The minimum absolute atomic E-state index is 0.876. The number of rotatable bonds is 2. The molecule has 2 aliphatic rings. The van der Waals surface area contributed by atoms with Gasteiger partial charge in [0.05, 0.1) is 0 Å². The summed E-state index contributed by atoms with van der Waals surface area (Å²) < 4.78 is 0. The Balaban J connectivity index is 1.57. The fourth-order valence-electron chi connectivity index (χ4n) is 3.13. The third-order valence-corrected chi connectivity index (χ3v) is 4.13. The predicted octanol–water partition coefficient (Wildman–Crippen LogP) is 2.15. The molecule has 1 saturated heterocycles. The van der Waals surface area contributed by atoms with Crippen LogP contribution in [-0.4, -0.2) is 42.1 Å². The van der Waals surface area contributed by atoms with Gasteiger partial charge in [-0.05, 0) is 25.0 Å². The highest BCUT2D eigenvalue weighted by atomic mass is 15.3. The topological polar surface area (TPSA) is 19.4 Å². The molecule has 2 fully saturated rings. The highest BCUT2D eigenvalue weighted by molar-refractivity contribution is 5.38. The van der Waals surface area contributed by atoms with Crippen LogP contribution in [0.2, 0.25) is 0 Å². The maximum absolute atomic E-state index is 4.43. The zero-order valence-corrected chi connectivity index (χ0v) is 10.4. The van der Waals surface area contributed by atoms with Gasteiger partial charge in [-0.25, -0.2) is 4.98 Å². The van der Waals surface area contributed by atoms with Gasteiger partial charge in [0.15, 0.2) is 0 Å². The van der Waals surface area contributed by atoms with Gasteiger partial charge in [-0.1, -0.05) is 18.9 Å². The standard InChI is InChI=1S/C14H21N3/c1-2-6-13(5-1)16-9-11-17(12-10-16)14-7-3-4-8-15-14/h3-4,7-8,13H,1-2,5-6,9-12H2. The first-order valence-electron chi connectivity index (χ1n) is 6.83. The lowest BCUT2D eigenvalue weighted by Gasteiger charge is -2.38. The SMILES string of the molecule is c1ccc(N2CCN(C3CCCC3)CC2)nc1. The second-order valence-electron chi connectivity index (χ2n) is 5.15. The maximum Gasteiger partial charge on any atom is 0.128 e. The molecule has 3 nitrogen and oxygen atoms in total.